The summed E-state index contributed by atoms with van der Waals surface area (Å²) in [6.07, 6.45) is 8.32. The highest BCUT2D eigenvalue weighted by molar-refractivity contribution is 5.31. The molecule has 0 bridgehead atoms. The van der Waals surface area contributed by atoms with Crippen LogP contribution in [0.2, 0.25) is 0 Å². The van der Waals surface area contributed by atoms with Crippen LogP contribution in [0.1, 0.15) is 19.3 Å². The first-order valence-corrected chi connectivity index (χ1v) is 8.03. The molecule has 0 amide bonds. The minimum absolute atomic E-state index is 0.0681. The van der Waals surface area contributed by atoms with E-state index in [1.165, 1.54) is 12.4 Å². The Morgan fingerprint density at radius 1 is 1.21 bits per heavy atom. The van der Waals surface area contributed by atoms with Crippen molar-refractivity contribution in [2.24, 2.45) is 0 Å². The zero-order valence-corrected chi connectivity index (χ0v) is 13.1. The molecule has 24 heavy (non-hydrogen) atoms. The number of hydrogen-bond acceptors (Lipinski definition) is 7. The topological polar surface area (TPSA) is 73.3 Å². The summed E-state index contributed by atoms with van der Waals surface area (Å²) in [5, 5.41) is 0. The smallest absolute Gasteiger partial charge is 0.316 e. The third-order valence-electron chi connectivity index (χ3n) is 4.42. The van der Waals surface area contributed by atoms with Crippen LogP contribution in [-0.4, -0.2) is 51.3 Å². The van der Waals surface area contributed by atoms with Crippen molar-refractivity contribution in [3.8, 4) is 6.01 Å². The molecular formula is C16H18FN5O2. The number of rotatable bonds is 3. The van der Waals surface area contributed by atoms with E-state index in [1.807, 2.05) is 4.90 Å². The molecule has 2 aliphatic rings. The summed E-state index contributed by atoms with van der Waals surface area (Å²) >= 11 is 0. The van der Waals surface area contributed by atoms with E-state index in [4.69, 9.17) is 9.47 Å². The molecule has 0 aromatic carbocycles. The molecule has 2 aromatic rings. The lowest BCUT2D eigenvalue weighted by Crippen LogP contribution is -2.48. The molecule has 4 heterocycles. The molecule has 7 nitrogen and oxygen atoms in total. The van der Waals surface area contributed by atoms with E-state index in [9.17, 15) is 4.39 Å². The van der Waals surface area contributed by atoms with E-state index in [0.29, 0.717) is 25.1 Å². The number of hydrogen-bond donors (Lipinski definition) is 0. The number of piperidine rings is 1. The third kappa shape index (κ3) is 3.14. The molecule has 126 valence electrons. The molecule has 2 unspecified atom stereocenters. The first-order chi connectivity index (χ1) is 11.7. The Balaban J connectivity index is 1.43. The summed E-state index contributed by atoms with van der Waals surface area (Å²) in [6, 6.07) is 2.12. The molecule has 1 spiro atoms. The Labute approximate surface area is 138 Å². The normalized spacial score (nSPS) is 26.7. The van der Waals surface area contributed by atoms with Crippen LogP contribution < -0.4 is 9.64 Å². The summed E-state index contributed by atoms with van der Waals surface area (Å²) in [6.45, 7) is 2.02. The number of halogens is 1. The molecule has 0 saturated carbocycles. The van der Waals surface area contributed by atoms with Crippen LogP contribution in [0.5, 0.6) is 6.01 Å². The Kier molecular flexibility index (Phi) is 3.97. The van der Waals surface area contributed by atoms with Gasteiger partial charge < -0.3 is 14.4 Å². The van der Waals surface area contributed by atoms with E-state index in [0.717, 1.165) is 25.8 Å². The minimum atomic E-state index is -0.432. The van der Waals surface area contributed by atoms with Gasteiger partial charge in [0.2, 0.25) is 5.95 Å². The second-order valence-corrected chi connectivity index (χ2v) is 6.20. The van der Waals surface area contributed by atoms with Crippen LogP contribution in [-0.2, 0) is 4.74 Å². The maximum Gasteiger partial charge on any atom is 0.316 e. The zero-order chi connectivity index (χ0) is 16.4. The van der Waals surface area contributed by atoms with Crippen LogP contribution in [0.3, 0.4) is 0 Å². The number of ether oxygens (including phenoxy) is 2. The van der Waals surface area contributed by atoms with E-state index in [2.05, 4.69) is 19.9 Å². The van der Waals surface area contributed by atoms with Crippen LogP contribution in [0.25, 0.3) is 0 Å². The second-order valence-electron chi connectivity index (χ2n) is 6.20. The van der Waals surface area contributed by atoms with Crippen LogP contribution in [0.4, 0.5) is 10.3 Å². The average molecular weight is 331 g/mol. The summed E-state index contributed by atoms with van der Waals surface area (Å²) in [5.41, 5.74) is -0.282. The first-order valence-electron chi connectivity index (χ1n) is 8.03. The summed E-state index contributed by atoms with van der Waals surface area (Å²) in [5.74, 6) is 0.105. The minimum Gasteiger partial charge on any atom is -0.458 e. The van der Waals surface area contributed by atoms with Crippen LogP contribution >= 0.6 is 0 Å². The van der Waals surface area contributed by atoms with Gasteiger partial charge in [0.05, 0.1) is 24.6 Å². The summed E-state index contributed by atoms with van der Waals surface area (Å²) < 4.78 is 24.9. The summed E-state index contributed by atoms with van der Waals surface area (Å²) in [4.78, 5) is 18.4. The fourth-order valence-electron chi connectivity index (χ4n) is 3.40. The summed E-state index contributed by atoms with van der Waals surface area (Å²) in [7, 11) is 0. The second kappa shape index (κ2) is 6.27. The van der Waals surface area contributed by atoms with E-state index in [1.54, 1.807) is 18.5 Å². The molecule has 4 rings (SSSR count). The number of aromatic nitrogens is 4. The monoisotopic (exact) mass is 331 g/mol. The van der Waals surface area contributed by atoms with Gasteiger partial charge in [-0.15, -0.1) is 0 Å². The molecule has 0 N–H and O–H groups in total. The van der Waals surface area contributed by atoms with Gasteiger partial charge in [0, 0.05) is 31.9 Å². The maximum absolute atomic E-state index is 13.0. The highest BCUT2D eigenvalue weighted by Crippen LogP contribution is 2.36. The van der Waals surface area contributed by atoms with Gasteiger partial charge in [-0.25, -0.2) is 24.3 Å². The standard InChI is InChI=1S/C16H18FN5O2/c17-12-8-20-14(21-9-12)22-6-1-3-16(11-22)7-13(10-23-16)24-15-18-4-2-5-19-15/h2,4-5,8-9,13H,1,3,6-7,10-11H2. The van der Waals surface area contributed by atoms with Gasteiger partial charge in [0.1, 0.15) is 6.10 Å². The Hall–Kier alpha value is -2.35. The van der Waals surface area contributed by atoms with Crippen molar-refractivity contribution in [1.82, 2.24) is 19.9 Å². The number of nitrogens with zero attached hydrogens (tertiary/aromatic N) is 5. The Morgan fingerprint density at radius 2 is 2.00 bits per heavy atom. The van der Waals surface area contributed by atoms with Crippen LogP contribution in [0.15, 0.2) is 30.9 Å². The van der Waals surface area contributed by atoms with Gasteiger partial charge in [0.25, 0.3) is 0 Å². The molecule has 8 heteroatoms. The van der Waals surface area contributed by atoms with Gasteiger partial charge in [-0.05, 0) is 18.9 Å². The van der Waals surface area contributed by atoms with Crippen molar-refractivity contribution in [3.63, 3.8) is 0 Å². The van der Waals surface area contributed by atoms with Crippen molar-refractivity contribution in [2.45, 2.75) is 31.0 Å². The maximum atomic E-state index is 13.0. The van der Waals surface area contributed by atoms with Crippen molar-refractivity contribution < 1.29 is 13.9 Å². The molecular weight excluding hydrogens is 313 g/mol. The lowest BCUT2D eigenvalue weighted by atomic mass is 9.89. The van der Waals surface area contributed by atoms with Gasteiger partial charge in [-0.2, -0.15) is 0 Å². The van der Waals surface area contributed by atoms with E-state index < -0.39 is 5.82 Å². The molecule has 2 saturated heterocycles. The zero-order valence-electron chi connectivity index (χ0n) is 13.1. The fourth-order valence-corrected chi connectivity index (χ4v) is 3.40. The van der Waals surface area contributed by atoms with Crippen LogP contribution in [0, 0.1) is 5.82 Å². The molecule has 2 aliphatic heterocycles. The van der Waals surface area contributed by atoms with Crippen molar-refractivity contribution in [1.29, 1.82) is 0 Å². The lowest BCUT2D eigenvalue weighted by Gasteiger charge is -2.39. The first kappa shape index (κ1) is 15.2. The molecule has 2 atom stereocenters. The highest BCUT2D eigenvalue weighted by Gasteiger charge is 2.45. The van der Waals surface area contributed by atoms with Gasteiger partial charge in [-0.1, -0.05) is 0 Å². The molecule has 2 aromatic heterocycles. The predicted molar refractivity (Wildman–Crippen MR) is 83.2 cm³/mol. The number of anilines is 1. The quantitative estimate of drug-likeness (QED) is 0.846. The molecule has 0 aliphatic carbocycles. The Bertz CT molecular complexity index is 687. The average Bonchev–Trinajstić information content (AvgIpc) is 2.98. The van der Waals surface area contributed by atoms with Crippen molar-refractivity contribution >= 4 is 5.95 Å². The largest absolute Gasteiger partial charge is 0.458 e. The van der Waals surface area contributed by atoms with E-state index >= 15 is 0 Å². The molecule has 2 fully saturated rings. The Morgan fingerprint density at radius 3 is 2.79 bits per heavy atom. The van der Waals surface area contributed by atoms with Gasteiger partial charge >= 0.3 is 6.01 Å². The highest BCUT2D eigenvalue weighted by atomic mass is 19.1. The van der Waals surface area contributed by atoms with E-state index in [-0.39, 0.29) is 11.7 Å². The van der Waals surface area contributed by atoms with Gasteiger partial charge in [-0.3, -0.25) is 0 Å². The van der Waals surface area contributed by atoms with Crippen molar-refractivity contribution in [2.75, 3.05) is 24.6 Å². The SMILES string of the molecule is Fc1cnc(N2CCCC3(CC(Oc4ncccn4)CO3)C2)nc1. The third-order valence-corrected chi connectivity index (χ3v) is 4.42. The van der Waals surface area contributed by atoms with Gasteiger partial charge in [0.15, 0.2) is 5.82 Å². The predicted octanol–water partition coefficient (Wildman–Crippen LogP) is 1.61. The lowest BCUT2D eigenvalue weighted by molar-refractivity contribution is -0.00859. The fraction of sp³-hybridized carbons (Fsp3) is 0.500. The molecule has 0 radical (unpaired) electrons. The van der Waals surface area contributed by atoms with Crippen molar-refractivity contribution in [3.05, 3.63) is 36.7 Å².